The Morgan fingerprint density at radius 2 is 1.65 bits per heavy atom. The molecule has 0 heterocycles. The van der Waals surface area contributed by atoms with Crippen LogP contribution in [-0.2, 0) is 5.60 Å². The number of rotatable bonds is 8. The number of methoxy groups -OCH3 is 2. The number of hydrogen-bond donors (Lipinski definition) is 1. The summed E-state index contributed by atoms with van der Waals surface area (Å²) in [7, 11) is 3.25. The van der Waals surface area contributed by atoms with Gasteiger partial charge in [-0.3, -0.25) is 0 Å². The van der Waals surface area contributed by atoms with Gasteiger partial charge in [0.15, 0.2) is 0 Å². The summed E-state index contributed by atoms with van der Waals surface area (Å²) < 4.78 is 10.6. The van der Waals surface area contributed by atoms with Crippen LogP contribution in [0.3, 0.4) is 0 Å². The average molecular weight is 280 g/mol. The highest BCUT2D eigenvalue weighted by atomic mass is 16.5. The summed E-state index contributed by atoms with van der Waals surface area (Å²) in [6.45, 7) is 6.16. The fraction of sp³-hybridized carbons (Fsp3) is 0.647. The molecule has 0 aliphatic carbocycles. The second-order valence-corrected chi connectivity index (χ2v) is 5.65. The summed E-state index contributed by atoms with van der Waals surface area (Å²) in [4.78, 5) is 0. The van der Waals surface area contributed by atoms with E-state index >= 15 is 0 Å². The van der Waals surface area contributed by atoms with E-state index in [4.69, 9.17) is 9.47 Å². The van der Waals surface area contributed by atoms with Crippen molar-refractivity contribution in [1.29, 1.82) is 0 Å². The minimum Gasteiger partial charge on any atom is -0.497 e. The highest BCUT2D eigenvalue weighted by Crippen LogP contribution is 2.36. The quantitative estimate of drug-likeness (QED) is 0.728. The molecule has 3 heteroatoms. The van der Waals surface area contributed by atoms with Crippen LogP contribution in [0.2, 0.25) is 0 Å². The number of benzene rings is 1. The van der Waals surface area contributed by atoms with Crippen LogP contribution >= 0.6 is 0 Å². The van der Waals surface area contributed by atoms with Crippen molar-refractivity contribution in [3.63, 3.8) is 0 Å². The Morgan fingerprint density at radius 1 is 1.10 bits per heavy atom. The lowest BCUT2D eigenvalue weighted by molar-refractivity contribution is -0.00319. The molecule has 2 atom stereocenters. The van der Waals surface area contributed by atoms with Crippen LogP contribution in [0.25, 0.3) is 0 Å². The Morgan fingerprint density at radius 3 is 2.10 bits per heavy atom. The molecule has 0 saturated carbocycles. The van der Waals surface area contributed by atoms with E-state index < -0.39 is 5.60 Å². The molecular formula is C17H28O3. The van der Waals surface area contributed by atoms with E-state index in [2.05, 4.69) is 13.8 Å². The number of aliphatic hydroxyl groups is 1. The number of ether oxygens (including phenoxy) is 2. The zero-order valence-electron chi connectivity index (χ0n) is 13.4. The summed E-state index contributed by atoms with van der Waals surface area (Å²) in [6.07, 6.45) is 4.57. The predicted molar refractivity (Wildman–Crippen MR) is 82.4 cm³/mol. The fourth-order valence-corrected chi connectivity index (χ4v) is 2.37. The van der Waals surface area contributed by atoms with E-state index in [0.29, 0.717) is 11.5 Å². The van der Waals surface area contributed by atoms with E-state index in [0.717, 1.165) is 18.4 Å². The molecule has 0 aliphatic rings. The molecular weight excluding hydrogens is 252 g/mol. The molecule has 3 nitrogen and oxygen atoms in total. The molecule has 1 rings (SSSR count). The van der Waals surface area contributed by atoms with Gasteiger partial charge >= 0.3 is 0 Å². The van der Waals surface area contributed by atoms with Gasteiger partial charge in [0.1, 0.15) is 11.5 Å². The van der Waals surface area contributed by atoms with Crippen molar-refractivity contribution in [3.05, 3.63) is 23.8 Å². The van der Waals surface area contributed by atoms with E-state index in [1.807, 2.05) is 25.1 Å². The average Bonchev–Trinajstić information content (AvgIpc) is 2.46. The standard InChI is InChI=1S/C17H28O3/c1-6-7-8-9-13(2)17(3,18)14-10-15(19-4)12-16(11-14)20-5/h10-13,18H,6-9H2,1-5H3/t13-,17+/m1/s1. The van der Waals surface area contributed by atoms with Crippen LogP contribution in [0.1, 0.15) is 52.0 Å². The van der Waals surface area contributed by atoms with Crippen molar-refractivity contribution in [1.82, 2.24) is 0 Å². The largest absolute Gasteiger partial charge is 0.497 e. The van der Waals surface area contributed by atoms with Crippen LogP contribution in [0.15, 0.2) is 18.2 Å². The fourth-order valence-electron chi connectivity index (χ4n) is 2.37. The third-order valence-electron chi connectivity index (χ3n) is 4.14. The van der Waals surface area contributed by atoms with Gasteiger partial charge < -0.3 is 14.6 Å². The highest BCUT2D eigenvalue weighted by Gasteiger charge is 2.31. The molecule has 0 unspecified atom stereocenters. The summed E-state index contributed by atoms with van der Waals surface area (Å²) in [6, 6.07) is 5.60. The van der Waals surface area contributed by atoms with E-state index in [1.54, 1.807) is 14.2 Å². The molecule has 20 heavy (non-hydrogen) atoms. The minimum atomic E-state index is -0.879. The molecule has 0 amide bonds. The van der Waals surface area contributed by atoms with E-state index in [9.17, 15) is 5.11 Å². The van der Waals surface area contributed by atoms with Gasteiger partial charge in [-0.05, 0) is 37.0 Å². The Hall–Kier alpha value is -1.22. The molecule has 114 valence electrons. The van der Waals surface area contributed by atoms with Crippen LogP contribution in [-0.4, -0.2) is 19.3 Å². The molecule has 1 aromatic rings. The van der Waals surface area contributed by atoms with Crippen LogP contribution < -0.4 is 9.47 Å². The van der Waals surface area contributed by atoms with E-state index in [1.165, 1.54) is 12.8 Å². The van der Waals surface area contributed by atoms with Crippen molar-refractivity contribution in [3.8, 4) is 11.5 Å². The molecule has 0 fully saturated rings. The lowest BCUT2D eigenvalue weighted by Crippen LogP contribution is -2.30. The predicted octanol–water partition coefficient (Wildman–Crippen LogP) is 4.13. The molecule has 1 N–H and O–H groups in total. The molecule has 0 aliphatic heterocycles. The van der Waals surface area contributed by atoms with Gasteiger partial charge in [-0.1, -0.05) is 33.1 Å². The topological polar surface area (TPSA) is 38.7 Å². The van der Waals surface area contributed by atoms with Crippen LogP contribution in [0.4, 0.5) is 0 Å². The molecule has 0 saturated heterocycles. The van der Waals surface area contributed by atoms with Gasteiger partial charge in [0, 0.05) is 6.07 Å². The van der Waals surface area contributed by atoms with Crippen molar-refractivity contribution in [2.45, 2.75) is 52.1 Å². The van der Waals surface area contributed by atoms with Gasteiger partial charge in [0.2, 0.25) is 0 Å². The SMILES string of the molecule is CCCCC[C@@H](C)[C@](C)(O)c1cc(OC)cc(OC)c1. The monoisotopic (exact) mass is 280 g/mol. The lowest BCUT2D eigenvalue weighted by atomic mass is 9.81. The smallest absolute Gasteiger partial charge is 0.122 e. The number of unbranched alkanes of at least 4 members (excludes halogenated alkanes) is 2. The van der Waals surface area contributed by atoms with Crippen molar-refractivity contribution >= 4 is 0 Å². The summed E-state index contributed by atoms with van der Waals surface area (Å²) >= 11 is 0. The Bertz CT molecular complexity index is 390. The maximum atomic E-state index is 10.9. The van der Waals surface area contributed by atoms with Crippen LogP contribution in [0.5, 0.6) is 11.5 Å². The zero-order valence-corrected chi connectivity index (χ0v) is 13.4. The first kappa shape index (κ1) is 16.8. The zero-order chi connectivity index (χ0) is 15.2. The third-order valence-corrected chi connectivity index (χ3v) is 4.14. The van der Waals surface area contributed by atoms with E-state index in [-0.39, 0.29) is 5.92 Å². The maximum Gasteiger partial charge on any atom is 0.122 e. The Balaban J connectivity index is 2.94. The van der Waals surface area contributed by atoms with Gasteiger partial charge in [0.05, 0.1) is 19.8 Å². The van der Waals surface area contributed by atoms with Gasteiger partial charge in [0.25, 0.3) is 0 Å². The molecule has 0 bridgehead atoms. The Labute approximate surface area is 122 Å². The summed E-state index contributed by atoms with van der Waals surface area (Å²) in [5.74, 6) is 1.60. The van der Waals surface area contributed by atoms with Crippen molar-refractivity contribution < 1.29 is 14.6 Å². The first-order chi connectivity index (χ1) is 9.45. The van der Waals surface area contributed by atoms with Gasteiger partial charge in [-0.2, -0.15) is 0 Å². The van der Waals surface area contributed by atoms with Crippen molar-refractivity contribution in [2.24, 2.45) is 5.92 Å². The van der Waals surface area contributed by atoms with Gasteiger partial charge in [-0.25, -0.2) is 0 Å². The second-order valence-electron chi connectivity index (χ2n) is 5.65. The van der Waals surface area contributed by atoms with Crippen molar-refractivity contribution in [2.75, 3.05) is 14.2 Å². The third kappa shape index (κ3) is 4.14. The first-order valence-electron chi connectivity index (χ1n) is 7.41. The second kappa shape index (κ2) is 7.53. The van der Waals surface area contributed by atoms with Crippen LogP contribution in [0, 0.1) is 5.92 Å². The highest BCUT2D eigenvalue weighted by molar-refractivity contribution is 5.41. The molecule has 0 radical (unpaired) electrons. The molecule has 0 aromatic heterocycles. The normalized spacial score (nSPS) is 15.5. The van der Waals surface area contributed by atoms with Gasteiger partial charge in [-0.15, -0.1) is 0 Å². The maximum absolute atomic E-state index is 10.9. The molecule has 0 spiro atoms. The molecule has 1 aromatic carbocycles. The summed E-state index contributed by atoms with van der Waals surface area (Å²) in [5, 5.41) is 10.9. The summed E-state index contributed by atoms with van der Waals surface area (Å²) in [5.41, 5.74) is -0.0343. The lowest BCUT2D eigenvalue weighted by Gasteiger charge is -2.31. The Kier molecular flexibility index (Phi) is 6.34. The number of hydrogen-bond acceptors (Lipinski definition) is 3. The first-order valence-corrected chi connectivity index (χ1v) is 7.41. The minimum absolute atomic E-state index is 0.186.